The van der Waals surface area contributed by atoms with E-state index >= 15 is 0 Å². The molecule has 0 N–H and O–H groups in total. The first-order chi connectivity index (χ1) is 31.9. The molecule has 2 heterocycles. The fraction of sp³-hybridized carbons (Fsp3) is 0.0377. The lowest BCUT2D eigenvalue weighted by molar-refractivity contribution is 0.666. The molecule has 2 aliphatic carbocycles. The minimum atomic E-state index is -0.963. The Balaban J connectivity index is 1.22. The van der Waals surface area contributed by atoms with Gasteiger partial charge in [0.15, 0.2) is 17.5 Å². The van der Waals surface area contributed by atoms with E-state index in [1.165, 1.54) is 6.92 Å². The molecule has 0 radical (unpaired) electrons. The van der Waals surface area contributed by atoms with Crippen LogP contribution in [0.2, 0.25) is 0 Å². The highest BCUT2D eigenvalue weighted by Crippen LogP contribution is 2.62. The number of rotatable bonds is 3. The zero-order valence-corrected chi connectivity index (χ0v) is 30.4. The van der Waals surface area contributed by atoms with Crippen molar-refractivity contribution in [3.05, 3.63) is 210 Å². The van der Waals surface area contributed by atoms with E-state index in [2.05, 4.69) is 83.8 Å². The van der Waals surface area contributed by atoms with Crippen LogP contribution in [0.4, 0.5) is 0 Å². The molecule has 4 heteroatoms. The van der Waals surface area contributed by atoms with Crippen LogP contribution >= 0.6 is 0 Å². The Kier molecular flexibility index (Phi) is 5.10. The van der Waals surface area contributed by atoms with Crippen molar-refractivity contribution in [2.24, 2.45) is 0 Å². The molecule has 1 atom stereocenters. The first-order valence-corrected chi connectivity index (χ1v) is 18.7. The van der Waals surface area contributed by atoms with Gasteiger partial charge in [0.25, 0.3) is 0 Å². The summed E-state index contributed by atoms with van der Waals surface area (Å²) in [6, 6.07) is 39.4. The third-order valence-electron chi connectivity index (χ3n) is 11.4. The van der Waals surface area contributed by atoms with Crippen LogP contribution in [0.15, 0.2) is 186 Å². The van der Waals surface area contributed by atoms with E-state index < -0.39 is 47.7 Å². The Morgan fingerprint density at radius 1 is 0.439 bits per heavy atom. The van der Waals surface area contributed by atoms with E-state index in [-0.39, 0.29) is 46.2 Å². The highest BCUT2D eigenvalue weighted by Gasteiger charge is 2.50. The molecule has 0 aliphatic heterocycles. The maximum Gasteiger partial charge on any atom is 0.164 e. The average molecular weight is 737 g/mol. The summed E-state index contributed by atoms with van der Waals surface area (Å²) in [5.74, 6) is -0.436. The van der Waals surface area contributed by atoms with Crippen molar-refractivity contribution >= 4 is 21.9 Å². The first kappa shape index (κ1) is 24.2. The SMILES string of the molecule is [2H]c1c([2H])c([2H])c(-c2nc(-c3ccc4c(c3)C3(c5ccccc5-c5ccccc5-4)c4ccccc4-c4cc5c(cc43)oc3ccccc35)nc(-c3c([2H])c([2H])c([2H])c(C)c3[2H])n2)c([2H])c1[2H]. The van der Waals surface area contributed by atoms with Gasteiger partial charge in [0, 0.05) is 27.5 Å². The number of para-hydroxylation sites is 1. The summed E-state index contributed by atoms with van der Waals surface area (Å²) in [7, 11) is 0. The standard InChI is InChI=1S/C53H33N3O/c1-32-14-13-17-34(28-32)51-54-50(33-15-3-2-4-16-33)55-52(56-51)35-26-27-40-37-19-6-5-18-36(37)38-20-7-10-23-44(38)53(46(40)29-35)45-24-11-8-21-39(45)42-30-43-41-22-9-12-25-48(41)57-49(43)31-47(42)53/h2-31H,1H3/i2D,3D,4D,13D,14D,15D,16D,17D,28D. The van der Waals surface area contributed by atoms with Gasteiger partial charge in [-0.3, -0.25) is 0 Å². The molecule has 266 valence electrons. The molecule has 0 fully saturated rings. The Hall–Kier alpha value is -7.43. The molecule has 57 heavy (non-hydrogen) atoms. The minimum Gasteiger partial charge on any atom is -0.456 e. The summed E-state index contributed by atoms with van der Waals surface area (Å²) in [6.07, 6.45) is 0. The van der Waals surface area contributed by atoms with Crippen molar-refractivity contribution in [2.75, 3.05) is 0 Å². The van der Waals surface area contributed by atoms with Crippen molar-refractivity contribution in [1.29, 1.82) is 0 Å². The lowest BCUT2D eigenvalue weighted by Crippen LogP contribution is -2.29. The number of aromatic nitrogens is 3. The molecule has 0 saturated carbocycles. The fourth-order valence-electron chi connectivity index (χ4n) is 9.09. The van der Waals surface area contributed by atoms with Crippen LogP contribution in [-0.4, -0.2) is 15.0 Å². The van der Waals surface area contributed by atoms with E-state index in [9.17, 15) is 0 Å². The van der Waals surface area contributed by atoms with Crippen molar-refractivity contribution in [3.63, 3.8) is 0 Å². The molecule has 8 aromatic carbocycles. The summed E-state index contributed by atoms with van der Waals surface area (Å²) >= 11 is 0. The highest BCUT2D eigenvalue weighted by molar-refractivity contribution is 6.09. The van der Waals surface area contributed by atoms with Gasteiger partial charge in [0.2, 0.25) is 0 Å². The number of furan rings is 1. The molecule has 1 spiro atoms. The van der Waals surface area contributed by atoms with Crippen LogP contribution in [0.3, 0.4) is 0 Å². The van der Waals surface area contributed by atoms with Crippen molar-refractivity contribution in [2.45, 2.75) is 12.3 Å². The Labute approximate surface area is 342 Å². The zero-order chi connectivity index (χ0) is 45.5. The van der Waals surface area contributed by atoms with Gasteiger partial charge in [-0.1, -0.05) is 157 Å². The summed E-state index contributed by atoms with van der Waals surface area (Å²) < 4.78 is 84.9. The van der Waals surface area contributed by atoms with Crippen LogP contribution in [0.25, 0.3) is 89.5 Å². The molecule has 10 aromatic rings. The smallest absolute Gasteiger partial charge is 0.164 e. The van der Waals surface area contributed by atoms with E-state index in [0.717, 1.165) is 77.6 Å². The second-order valence-electron chi connectivity index (χ2n) is 14.4. The molecular weight excluding hydrogens is 695 g/mol. The molecule has 12 rings (SSSR count). The van der Waals surface area contributed by atoms with Gasteiger partial charge in [0.1, 0.15) is 11.2 Å². The van der Waals surface area contributed by atoms with Crippen LogP contribution in [0.1, 0.15) is 40.2 Å². The molecule has 1 unspecified atom stereocenters. The van der Waals surface area contributed by atoms with E-state index in [1.807, 2.05) is 48.5 Å². The van der Waals surface area contributed by atoms with Crippen molar-refractivity contribution < 1.29 is 16.8 Å². The average Bonchev–Trinajstić information content (AvgIpc) is 3.82. The molecule has 4 nitrogen and oxygen atoms in total. The lowest BCUT2D eigenvalue weighted by atomic mass is 9.65. The number of fused-ring (bicyclic) bond motifs is 15. The van der Waals surface area contributed by atoms with Crippen LogP contribution in [0, 0.1) is 6.92 Å². The first-order valence-electron chi connectivity index (χ1n) is 23.2. The number of hydrogen-bond acceptors (Lipinski definition) is 4. The largest absolute Gasteiger partial charge is 0.456 e. The normalized spacial score (nSPS) is 17.0. The summed E-state index contributed by atoms with van der Waals surface area (Å²) in [5.41, 5.74) is 10.9. The Bertz CT molecular complexity index is 3660. The Morgan fingerprint density at radius 2 is 1.02 bits per heavy atom. The minimum absolute atomic E-state index is 0.0442. The van der Waals surface area contributed by atoms with E-state index in [4.69, 9.17) is 26.7 Å². The molecule has 2 aromatic heterocycles. The second-order valence-corrected chi connectivity index (χ2v) is 14.4. The molecule has 0 bridgehead atoms. The predicted octanol–water partition coefficient (Wildman–Crippen LogP) is 13.1. The molecule has 0 amide bonds. The number of benzene rings is 8. The summed E-state index contributed by atoms with van der Waals surface area (Å²) in [6.45, 7) is 1.52. The number of hydrogen-bond donors (Lipinski definition) is 0. The maximum atomic E-state index is 9.08. The van der Waals surface area contributed by atoms with Gasteiger partial charge in [-0.05, 0) is 92.9 Å². The van der Waals surface area contributed by atoms with Gasteiger partial charge in [-0.15, -0.1) is 0 Å². The molecule has 2 aliphatic rings. The van der Waals surface area contributed by atoms with E-state index in [1.54, 1.807) is 0 Å². The van der Waals surface area contributed by atoms with Gasteiger partial charge in [0.05, 0.1) is 17.8 Å². The Morgan fingerprint density at radius 3 is 1.77 bits per heavy atom. The van der Waals surface area contributed by atoms with Crippen LogP contribution in [0.5, 0.6) is 0 Å². The maximum absolute atomic E-state index is 9.08. The molecular formula is C53H33N3O. The lowest BCUT2D eigenvalue weighted by Gasteiger charge is -2.35. The number of nitrogens with zero attached hydrogens (tertiary/aromatic N) is 3. The zero-order valence-electron chi connectivity index (χ0n) is 39.4. The fourth-order valence-corrected chi connectivity index (χ4v) is 9.09. The van der Waals surface area contributed by atoms with Gasteiger partial charge in [-0.25, -0.2) is 15.0 Å². The summed E-state index contributed by atoms with van der Waals surface area (Å²) in [5, 5.41) is 2.02. The van der Waals surface area contributed by atoms with Gasteiger partial charge in [-0.2, -0.15) is 0 Å². The van der Waals surface area contributed by atoms with Crippen LogP contribution in [-0.2, 0) is 5.41 Å². The van der Waals surface area contributed by atoms with Crippen LogP contribution < -0.4 is 0 Å². The molecule has 0 saturated heterocycles. The predicted molar refractivity (Wildman–Crippen MR) is 230 cm³/mol. The third kappa shape index (κ3) is 4.59. The monoisotopic (exact) mass is 736 g/mol. The van der Waals surface area contributed by atoms with Crippen molar-refractivity contribution in [1.82, 2.24) is 15.0 Å². The van der Waals surface area contributed by atoms with Crippen molar-refractivity contribution in [3.8, 4) is 67.5 Å². The third-order valence-corrected chi connectivity index (χ3v) is 11.4. The highest BCUT2D eigenvalue weighted by atomic mass is 16.3. The van der Waals surface area contributed by atoms with E-state index in [0.29, 0.717) is 5.56 Å². The summed E-state index contributed by atoms with van der Waals surface area (Å²) in [4.78, 5) is 14.4. The van der Waals surface area contributed by atoms with Gasteiger partial charge < -0.3 is 4.42 Å². The van der Waals surface area contributed by atoms with Gasteiger partial charge >= 0.3 is 0 Å². The second kappa shape index (κ2) is 12.0. The topological polar surface area (TPSA) is 51.8 Å². The quantitative estimate of drug-likeness (QED) is 0.181.